The van der Waals surface area contributed by atoms with Crippen LogP contribution >= 0.6 is 0 Å². The average molecular weight is 512 g/mol. The number of rotatable bonds is 5. The molecule has 3 aromatic rings. The van der Waals surface area contributed by atoms with E-state index >= 15 is 0 Å². The van der Waals surface area contributed by atoms with Gasteiger partial charge in [-0.1, -0.05) is 70.2 Å². The van der Waals surface area contributed by atoms with Crippen LogP contribution in [-0.2, 0) is 4.79 Å². The van der Waals surface area contributed by atoms with E-state index in [-0.39, 0.29) is 5.91 Å². The normalized spacial score (nSPS) is 10.5. The summed E-state index contributed by atoms with van der Waals surface area (Å²) in [7, 11) is 0. The van der Waals surface area contributed by atoms with Crippen molar-refractivity contribution in [2.75, 3.05) is 11.4 Å². The Balaban J connectivity index is 0.000000286. The van der Waals surface area contributed by atoms with E-state index in [2.05, 4.69) is 27.7 Å². The molecule has 1 heterocycles. The summed E-state index contributed by atoms with van der Waals surface area (Å²) in [5, 5.41) is 9.93. The van der Waals surface area contributed by atoms with Gasteiger partial charge in [-0.25, -0.2) is 4.79 Å². The molecule has 0 spiro atoms. The molecule has 0 radical (unpaired) electrons. The number of aryl methyl sites for hydroxylation is 1. The van der Waals surface area contributed by atoms with Crippen molar-refractivity contribution >= 4 is 11.6 Å². The van der Waals surface area contributed by atoms with Crippen LogP contribution in [0.3, 0.4) is 0 Å². The van der Waals surface area contributed by atoms with E-state index in [9.17, 15) is 23.9 Å². The molecule has 0 atom stereocenters. The van der Waals surface area contributed by atoms with Crippen LogP contribution in [0.5, 0.6) is 5.75 Å². The maximum atomic E-state index is 12.0. The Kier molecular flexibility index (Phi) is 12.8. The Morgan fingerprint density at radius 2 is 1.59 bits per heavy atom. The summed E-state index contributed by atoms with van der Waals surface area (Å²) < 4.78 is 12.0. The average Bonchev–Trinajstić information content (AvgIpc) is 2.84. The number of halogens is 1. The second-order valence-corrected chi connectivity index (χ2v) is 8.88. The molecule has 0 aliphatic carbocycles. The highest BCUT2D eigenvalue weighted by Gasteiger charge is 2.12. The molecule has 7 nitrogen and oxygen atoms in total. The van der Waals surface area contributed by atoms with E-state index in [1.54, 1.807) is 22.0 Å². The molecule has 0 aliphatic rings. The zero-order valence-electron chi connectivity index (χ0n) is 22.6. The van der Waals surface area contributed by atoms with E-state index in [1.165, 1.54) is 0 Å². The van der Waals surface area contributed by atoms with Gasteiger partial charge in [-0.05, 0) is 61.4 Å². The number of hydrogen-bond donors (Lipinski definition) is 3. The van der Waals surface area contributed by atoms with E-state index in [1.807, 2.05) is 68.2 Å². The Morgan fingerprint density at radius 3 is 2.03 bits per heavy atom. The smallest absolute Gasteiger partial charge is 0.325 e. The molecule has 0 unspecified atom stereocenters. The third-order valence-electron chi connectivity index (χ3n) is 5.41. The number of aromatic hydroxyl groups is 1. The van der Waals surface area contributed by atoms with Crippen molar-refractivity contribution < 1.29 is 14.3 Å². The van der Waals surface area contributed by atoms with E-state index in [0.29, 0.717) is 30.3 Å². The molecule has 2 aromatic carbocycles. The van der Waals surface area contributed by atoms with Crippen LogP contribution in [0.4, 0.5) is 10.1 Å². The van der Waals surface area contributed by atoms with E-state index in [0.717, 1.165) is 22.4 Å². The van der Waals surface area contributed by atoms with Gasteiger partial charge in [0, 0.05) is 18.4 Å². The molecular formula is C29H38FN3O4. The van der Waals surface area contributed by atoms with Crippen molar-refractivity contribution in [2.45, 2.75) is 60.3 Å². The summed E-state index contributed by atoms with van der Waals surface area (Å²) in [6.07, 6.45) is 4.07. The number of likely N-dealkylation sites (N-methyl/N-ethyl adjacent to an activating group) is 1. The van der Waals surface area contributed by atoms with Gasteiger partial charge in [-0.2, -0.15) is 4.39 Å². The summed E-state index contributed by atoms with van der Waals surface area (Å²) >= 11 is 0. The highest BCUT2D eigenvalue weighted by molar-refractivity contribution is 6.01. The second-order valence-electron chi connectivity index (χ2n) is 8.88. The van der Waals surface area contributed by atoms with Crippen LogP contribution in [-0.4, -0.2) is 27.5 Å². The van der Waals surface area contributed by atoms with Gasteiger partial charge in [-0.3, -0.25) is 14.6 Å². The van der Waals surface area contributed by atoms with Crippen molar-refractivity contribution in [3.05, 3.63) is 104 Å². The van der Waals surface area contributed by atoms with Gasteiger partial charge in [0.05, 0.1) is 0 Å². The highest BCUT2D eigenvalue weighted by Crippen LogP contribution is 2.32. The Hall–Kier alpha value is -3.94. The zero-order chi connectivity index (χ0) is 28.1. The van der Waals surface area contributed by atoms with Gasteiger partial charge in [0.2, 0.25) is 5.82 Å². The lowest BCUT2D eigenvalue weighted by atomic mass is 9.94. The number of phenolic OH excluding ortho intramolecular Hbond substituents is 1. The molecule has 0 aliphatic heterocycles. The van der Waals surface area contributed by atoms with Gasteiger partial charge in [-0.15, -0.1) is 0 Å². The van der Waals surface area contributed by atoms with Crippen molar-refractivity contribution in [2.24, 2.45) is 0 Å². The molecule has 0 bridgehead atoms. The minimum atomic E-state index is -1.00. The number of nitrogens with zero attached hydrogens (tertiary/aromatic N) is 1. The van der Waals surface area contributed by atoms with Gasteiger partial charge in [0.15, 0.2) is 0 Å². The van der Waals surface area contributed by atoms with Crippen molar-refractivity contribution in [1.29, 1.82) is 0 Å². The number of para-hydroxylation sites is 2. The van der Waals surface area contributed by atoms with Crippen LogP contribution in [0.25, 0.3) is 0 Å². The van der Waals surface area contributed by atoms with Crippen LogP contribution < -0.4 is 16.1 Å². The number of amides is 1. The molecule has 0 saturated carbocycles. The number of carbonyl (C=O) groups excluding carboxylic acids is 1. The van der Waals surface area contributed by atoms with Crippen LogP contribution in [0, 0.1) is 12.7 Å². The van der Waals surface area contributed by atoms with Gasteiger partial charge in [0.1, 0.15) is 5.75 Å². The second kappa shape index (κ2) is 15.2. The minimum Gasteiger partial charge on any atom is -0.507 e. The van der Waals surface area contributed by atoms with Crippen LogP contribution in [0.2, 0.25) is 0 Å². The fraction of sp³-hybridized carbons (Fsp3) is 0.345. The van der Waals surface area contributed by atoms with Crippen molar-refractivity contribution in [3.63, 3.8) is 0 Å². The van der Waals surface area contributed by atoms with E-state index < -0.39 is 17.1 Å². The van der Waals surface area contributed by atoms with Crippen LogP contribution in [0.1, 0.15) is 70.1 Å². The molecule has 0 saturated heterocycles. The molecule has 37 heavy (non-hydrogen) atoms. The number of allylic oxidation sites excluding steroid dienone is 1. The van der Waals surface area contributed by atoms with Gasteiger partial charge >= 0.3 is 5.69 Å². The highest BCUT2D eigenvalue weighted by atomic mass is 19.1. The molecule has 1 amide bonds. The number of phenols is 1. The first kappa shape index (κ1) is 31.1. The molecule has 200 valence electrons. The summed E-state index contributed by atoms with van der Waals surface area (Å²) in [5.41, 5.74) is 2.50. The first-order valence-corrected chi connectivity index (χ1v) is 12.2. The number of aromatic nitrogens is 2. The van der Waals surface area contributed by atoms with Crippen molar-refractivity contribution in [1.82, 2.24) is 9.97 Å². The molecule has 1 aromatic heterocycles. The maximum absolute atomic E-state index is 12.0. The number of benzene rings is 2. The summed E-state index contributed by atoms with van der Waals surface area (Å²) in [4.78, 5) is 37.5. The summed E-state index contributed by atoms with van der Waals surface area (Å²) in [6, 6.07) is 13.9. The topological polar surface area (TPSA) is 106 Å². The lowest BCUT2D eigenvalue weighted by Crippen LogP contribution is -2.29. The van der Waals surface area contributed by atoms with Gasteiger partial charge in [0.25, 0.3) is 11.5 Å². The number of H-pyrrole nitrogens is 2. The SMILES string of the molecule is C/C=C/C(=O)N(CC)c1ccccc1C.CC(C)c1cccc(C(C)C)c1O.O=c1[nH]cc(F)c(=O)[nH]1. The van der Waals surface area contributed by atoms with Crippen LogP contribution in [0.15, 0.2) is 70.4 Å². The Bertz CT molecular complexity index is 1270. The minimum absolute atomic E-state index is 0.0364. The zero-order valence-corrected chi connectivity index (χ0v) is 22.6. The summed E-state index contributed by atoms with van der Waals surface area (Å²) in [5.74, 6) is 0.300. The molecule has 3 rings (SSSR count). The number of anilines is 1. The number of nitrogens with one attached hydrogen (secondary N) is 2. The predicted octanol–water partition coefficient (Wildman–Crippen LogP) is 5.77. The van der Waals surface area contributed by atoms with Gasteiger partial charge < -0.3 is 15.0 Å². The lowest BCUT2D eigenvalue weighted by Gasteiger charge is -2.21. The standard InChI is InChI=1S/C13H17NO.C12H18O.C4H3FN2O2/c1-4-8-13(15)14(5-2)12-10-7-6-9-11(12)3;1-8(2)10-6-5-7-11(9(3)4)12(10)13;5-2-1-6-4(9)7-3(2)8/h4,6-10H,5H2,1-3H3;5-9,13H,1-4H3;1H,(H2,6,7,8,9)/b8-4+;;. The molecule has 8 heteroatoms. The Morgan fingerprint density at radius 1 is 1.03 bits per heavy atom. The fourth-order valence-electron chi connectivity index (χ4n) is 3.45. The predicted molar refractivity (Wildman–Crippen MR) is 148 cm³/mol. The maximum Gasteiger partial charge on any atom is 0.325 e. The third kappa shape index (κ3) is 9.56. The number of carbonyl (C=O) groups is 1. The molecule has 0 fully saturated rings. The third-order valence-corrected chi connectivity index (χ3v) is 5.41. The Labute approximate surface area is 217 Å². The quantitative estimate of drug-likeness (QED) is 0.378. The van der Waals surface area contributed by atoms with Crippen molar-refractivity contribution in [3.8, 4) is 5.75 Å². The first-order chi connectivity index (χ1) is 17.4. The first-order valence-electron chi connectivity index (χ1n) is 12.2. The number of hydrogen-bond acceptors (Lipinski definition) is 4. The molecule has 3 N–H and O–H groups in total. The number of aromatic amines is 2. The molecular weight excluding hydrogens is 473 g/mol. The lowest BCUT2D eigenvalue weighted by molar-refractivity contribution is -0.114. The van der Waals surface area contributed by atoms with E-state index in [4.69, 9.17) is 0 Å². The monoisotopic (exact) mass is 511 g/mol. The largest absolute Gasteiger partial charge is 0.507 e. The fourth-order valence-corrected chi connectivity index (χ4v) is 3.45. The summed E-state index contributed by atoms with van der Waals surface area (Å²) in [6.45, 7) is 14.9.